The van der Waals surface area contributed by atoms with Crippen molar-refractivity contribution in [2.45, 2.75) is 45.4 Å². The standard InChI is InChI=1S/C20H27N3O5/c1-13(2)16(22-20(27)28-12-14-8-5-4-6-9-14)18(25)21-15-10-7-11-23(3)19(26)17(15)24/h4-6,8-9,13,15-16H,7,10-12H2,1-3H3,(H,21,25)(H,22,27)/t15?,16-/m0/s1. The quantitative estimate of drug-likeness (QED) is 0.713. The van der Waals surface area contributed by atoms with Gasteiger partial charge in [-0.3, -0.25) is 14.4 Å². The summed E-state index contributed by atoms with van der Waals surface area (Å²) in [7, 11) is 1.56. The molecule has 1 unspecified atom stereocenters. The summed E-state index contributed by atoms with van der Waals surface area (Å²) in [6.07, 6.45) is 0.266. The van der Waals surface area contributed by atoms with E-state index in [2.05, 4.69) is 10.6 Å². The van der Waals surface area contributed by atoms with Crippen LogP contribution in [-0.2, 0) is 25.7 Å². The van der Waals surface area contributed by atoms with Crippen LogP contribution in [0.5, 0.6) is 0 Å². The molecule has 1 aliphatic rings. The van der Waals surface area contributed by atoms with Gasteiger partial charge in [0, 0.05) is 13.6 Å². The van der Waals surface area contributed by atoms with E-state index >= 15 is 0 Å². The van der Waals surface area contributed by atoms with Crippen LogP contribution in [0.4, 0.5) is 4.79 Å². The van der Waals surface area contributed by atoms with Gasteiger partial charge in [0.15, 0.2) is 0 Å². The van der Waals surface area contributed by atoms with Gasteiger partial charge in [-0.2, -0.15) is 0 Å². The number of alkyl carbamates (subject to hydrolysis) is 1. The number of benzene rings is 1. The molecule has 8 heteroatoms. The summed E-state index contributed by atoms with van der Waals surface area (Å²) in [4.78, 5) is 50.3. The first-order valence-corrected chi connectivity index (χ1v) is 9.36. The average Bonchev–Trinajstić information content (AvgIpc) is 2.79. The van der Waals surface area contributed by atoms with Gasteiger partial charge < -0.3 is 20.3 Å². The number of hydrogen-bond donors (Lipinski definition) is 2. The second kappa shape index (κ2) is 9.87. The zero-order chi connectivity index (χ0) is 20.7. The molecule has 2 N–H and O–H groups in total. The summed E-state index contributed by atoms with van der Waals surface area (Å²) in [6, 6.07) is 7.42. The molecule has 0 bridgehead atoms. The van der Waals surface area contributed by atoms with E-state index in [-0.39, 0.29) is 12.5 Å². The number of nitrogens with zero attached hydrogens (tertiary/aromatic N) is 1. The van der Waals surface area contributed by atoms with Gasteiger partial charge >= 0.3 is 6.09 Å². The number of ether oxygens (including phenoxy) is 1. The molecule has 1 heterocycles. The molecule has 3 amide bonds. The number of rotatable bonds is 6. The smallest absolute Gasteiger partial charge is 0.408 e. The molecule has 1 fully saturated rings. The number of ketones is 1. The Hall–Kier alpha value is -2.90. The summed E-state index contributed by atoms with van der Waals surface area (Å²) in [5.74, 6) is -1.99. The van der Waals surface area contributed by atoms with Gasteiger partial charge in [-0.25, -0.2) is 4.79 Å². The van der Waals surface area contributed by atoms with E-state index in [0.717, 1.165) is 5.56 Å². The van der Waals surface area contributed by atoms with Crippen molar-refractivity contribution in [1.82, 2.24) is 15.5 Å². The molecule has 1 aromatic rings. The van der Waals surface area contributed by atoms with E-state index in [4.69, 9.17) is 4.74 Å². The molecule has 0 aliphatic carbocycles. The summed E-state index contributed by atoms with van der Waals surface area (Å²) in [5.41, 5.74) is 0.829. The van der Waals surface area contributed by atoms with Gasteiger partial charge in [0.1, 0.15) is 12.6 Å². The van der Waals surface area contributed by atoms with Crippen LogP contribution in [0.1, 0.15) is 32.3 Å². The predicted octanol–water partition coefficient (Wildman–Crippen LogP) is 1.24. The third-order valence-corrected chi connectivity index (χ3v) is 4.61. The number of Topliss-reactive ketones (excluding diaryl/α,β-unsaturated/α-hetero) is 1. The van der Waals surface area contributed by atoms with Crippen LogP contribution in [0.15, 0.2) is 30.3 Å². The third-order valence-electron chi connectivity index (χ3n) is 4.61. The fourth-order valence-electron chi connectivity index (χ4n) is 2.93. The van der Waals surface area contributed by atoms with E-state index in [1.807, 2.05) is 30.3 Å². The van der Waals surface area contributed by atoms with Gasteiger partial charge in [0.25, 0.3) is 5.91 Å². The Morgan fingerprint density at radius 1 is 1.21 bits per heavy atom. The van der Waals surface area contributed by atoms with Crippen molar-refractivity contribution >= 4 is 23.7 Å². The molecule has 2 atom stereocenters. The minimum atomic E-state index is -0.882. The Morgan fingerprint density at radius 2 is 1.89 bits per heavy atom. The van der Waals surface area contributed by atoms with Crippen molar-refractivity contribution in [3.8, 4) is 0 Å². The number of likely N-dealkylation sites (tertiary alicyclic amines) is 1. The third kappa shape index (κ3) is 5.80. The van der Waals surface area contributed by atoms with Gasteiger partial charge in [-0.15, -0.1) is 0 Å². The fraction of sp³-hybridized carbons (Fsp3) is 0.500. The second-order valence-corrected chi connectivity index (χ2v) is 7.22. The number of amides is 3. The topological polar surface area (TPSA) is 105 Å². The second-order valence-electron chi connectivity index (χ2n) is 7.22. The number of carbonyl (C=O) groups is 4. The number of carbonyl (C=O) groups excluding carboxylic acids is 4. The molecule has 28 heavy (non-hydrogen) atoms. The van der Waals surface area contributed by atoms with Crippen LogP contribution >= 0.6 is 0 Å². The summed E-state index contributed by atoms with van der Waals surface area (Å²) >= 11 is 0. The Bertz CT molecular complexity index is 720. The van der Waals surface area contributed by atoms with Crippen molar-refractivity contribution in [1.29, 1.82) is 0 Å². The normalized spacial score (nSPS) is 18.4. The van der Waals surface area contributed by atoms with Gasteiger partial charge in [0.2, 0.25) is 11.7 Å². The molecule has 0 radical (unpaired) electrons. The lowest BCUT2D eigenvalue weighted by Crippen LogP contribution is -2.54. The van der Waals surface area contributed by atoms with E-state index in [1.165, 1.54) is 4.90 Å². The van der Waals surface area contributed by atoms with Crippen LogP contribution < -0.4 is 10.6 Å². The highest BCUT2D eigenvalue weighted by Crippen LogP contribution is 2.10. The first kappa shape index (κ1) is 21.4. The van der Waals surface area contributed by atoms with E-state index in [0.29, 0.717) is 19.4 Å². The zero-order valence-corrected chi connectivity index (χ0v) is 16.4. The largest absolute Gasteiger partial charge is 0.445 e. The lowest BCUT2D eigenvalue weighted by Gasteiger charge is -2.24. The highest BCUT2D eigenvalue weighted by molar-refractivity contribution is 6.38. The highest BCUT2D eigenvalue weighted by Gasteiger charge is 2.34. The van der Waals surface area contributed by atoms with Crippen molar-refractivity contribution in [3.05, 3.63) is 35.9 Å². The Kier molecular flexibility index (Phi) is 7.54. The maximum Gasteiger partial charge on any atom is 0.408 e. The molecule has 1 aromatic carbocycles. The monoisotopic (exact) mass is 389 g/mol. The minimum Gasteiger partial charge on any atom is -0.445 e. The maximum absolute atomic E-state index is 12.7. The average molecular weight is 389 g/mol. The van der Waals surface area contributed by atoms with Crippen LogP contribution in [0, 0.1) is 5.92 Å². The Labute approximate surface area is 164 Å². The lowest BCUT2D eigenvalue weighted by molar-refractivity contribution is -0.144. The number of likely N-dealkylation sites (N-methyl/N-ethyl adjacent to an activating group) is 1. The molecule has 0 saturated carbocycles. The van der Waals surface area contributed by atoms with Gasteiger partial charge in [0.05, 0.1) is 6.04 Å². The molecule has 1 saturated heterocycles. The van der Waals surface area contributed by atoms with Crippen molar-refractivity contribution in [2.75, 3.05) is 13.6 Å². The molecule has 2 rings (SSSR count). The first-order valence-electron chi connectivity index (χ1n) is 9.36. The molecule has 1 aliphatic heterocycles. The van der Waals surface area contributed by atoms with Gasteiger partial charge in [-0.1, -0.05) is 44.2 Å². The van der Waals surface area contributed by atoms with Gasteiger partial charge in [-0.05, 0) is 24.3 Å². The Morgan fingerprint density at radius 3 is 2.54 bits per heavy atom. The van der Waals surface area contributed by atoms with Crippen molar-refractivity contribution in [2.24, 2.45) is 5.92 Å². The van der Waals surface area contributed by atoms with Crippen LogP contribution in [-0.4, -0.2) is 54.3 Å². The van der Waals surface area contributed by atoms with E-state index < -0.39 is 35.8 Å². The highest BCUT2D eigenvalue weighted by atomic mass is 16.5. The molecular formula is C20H27N3O5. The molecule has 8 nitrogen and oxygen atoms in total. The fourth-order valence-corrected chi connectivity index (χ4v) is 2.93. The molecular weight excluding hydrogens is 362 g/mol. The SMILES string of the molecule is CC(C)[C@H](NC(=O)OCc1ccccc1)C(=O)NC1CCCN(C)C(=O)C1=O. The predicted molar refractivity (Wildman–Crippen MR) is 102 cm³/mol. The minimum absolute atomic E-state index is 0.0844. The lowest BCUT2D eigenvalue weighted by atomic mass is 10.0. The van der Waals surface area contributed by atoms with Crippen LogP contribution in [0.25, 0.3) is 0 Å². The number of nitrogens with one attached hydrogen (secondary N) is 2. The van der Waals surface area contributed by atoms with E-state index in [9.17, 15) is 19.2 Å². The summed E-state index contributed by atoms with van der Waals surface area (Å²) in [5, 5.41) is 5.16. The van der Waals surface area contributed by atoms with Crippen LogP contribution in [0.3, 0.4) is 0 Å². The van der Waals surface area contributed by atoms with Crippen LogP contribution in [0.2, 0.25) is 0 Å². The maximum atomic E-state index is 12.7. The summed E-state index contributed by atoms with van der Waals surface area (Å²) < 4.78 is 5.16. The molecule has 152 valence electrons. The summed E-state index contributed by atoms with van der Waals surface area (Å²) in [6.45, 7) is 4.10. The van der Waals surface area contributed by atoms with Crippen molar-refractivity contribution in [3.63, 3.8) is 0 Å². The molecule has 0 spiro atoms. The number of hydrogen-bond acceptors (Lipinski definition) is 5. The zero-order valence-electron chi connectivity index (χ0n) is 16.4. The van der Waals surface area contributed by atoms with E-state index in [1.54, 1.807) is 20.9 Å². The Balaban J connectivity index is 1.94. The molecule has 0 aromatic heterocycles. The first-order chi connectivity index (χ1) is 13.3. The van der Waals surface area contributed by atoms with Crippen molar-refractivity contribution < 1.29 is 23.9 Å².